The first-order chi connectivity index (χ1) is 20.6. The van der Waals surface area contributed by atoms with Gasteiger partial charge < -0.3 is 4.57 Å². The zero-order valence-electron chi connectivity index (χ0n) is 23.6. The molecule has 0 saturated heterocycles. The highest BCUT2D eigenvalue weighted by Gasteiger charge is 2.40. The molecular weight excluding hydrogens is 506 g/mol. The van der Waals surface area contributed by atoms with Gasteiger partial charge in [0, 0.05) is 27.3 Å². The highest BCUT2D eigenvalue weighted by molar-refractivity contribution is 6.33. The monoisotopic (exact) mass is 533 g/mol. The van der Waals surface area contributed by atoms with E-state index in [9.17, 15) is 0 Å². The first kappa shape index (κ1) is 22.5. The maximum Gasteiger partial charge on any atom is 0.0620 e. The average Bonchev–Trinajstić information content (AvgIpc) is 3.63. The van der Waals surface area contributed by atoms with E-state index in [1.165, 1.54) is 93.5 Å². The number of hydrogen-bond donors (Lipinski definition) is 0. The summed E-state index contributed by atoms with van der Waals surface area (Å²) < 4.78 is 2.59. The van der Waals surface area contributed by atoms with Crippen LogP contribution in [0.4, 0.5) is 0 Å². The molecule has 0 aliphatic heterocycles. The molecule has 2 aliphatic carbocycles. The fourth-order valence-electron chi connectivity index (χ4n) is 8.43. The number of hydrogen-bond acceptors (Lipinski definition) is 0. The van der Waals surface area contributed by atoms with Gasteiger partial charge in [0.1, 0.15) is 0 Å². The van der Waals surface area contributed by atoms with Gasteiger partial charge >= 0.3 is 0 Å². The first-order valence-electron chi connectivity index (χ1n) is 14.9. The summed E-state index contributed by atoms with van der Waals surface area (Å²) in [4.78, 5) is 0. The highest BCUT2D eigenvalue weighted by atomic mass is 15.0. The van der Waals surface area contributed by atoms with E-state index in [1.54, 1.807) is 0 Å². The lowest BCUT2D eigenvalue weighted by atomic mass is 9.80. The van der Waals surface area contributed by atoms with Crippen molar-refractivity contribution in [3.8, 4) is 39.1 Å². The zero-order valence-corrected chi connectivity index (χ0v) is 23.6. The molecule has 7 aromatic carbocycles. The molecule has 10 rings (SSSR count). The molecule has 0 N–H and O–H groups in total. The normalized spacial score (nSPS) is 14.1. The summed E-state index contributed by atoms with van der Waals surface area (Å²) in [5.74, 6) is 0. The molecule has 1 heteroatoms. The van der Waals surface area contributed by atoms with Crippen LogP contribution in [0.1, 0.15) is 25.0 Å². The fraction of sp³-hybridized carbons (Fsp3) is 0.0732. The standard InChI is InChI=1S/C41H27N/c1-41(2)34-22-11-10-19-30(34)36-28-17-8-9-18-29(28)37-33-23-32-26-16-7-6-15-25(26)27-20-12-21-31(35(27)32)39(33)42(40(37)38(36)41)24-13-4-3-5-14-24/h3-23H,1-2H3. The van der Waals surface area contributed by atoms with Crippen molar-refractivity contribution in [3.63, 3.8) is 0 Å². The van der Waals surface area contributed by atoms with Crippen molar-refractivity contribution in [2.24, 2.45) is 0 Å². The molecule has 42 heavy (non-hydrogen) atoms. The predicted molar refractivity (Wildman–Crippen MR) is 178 cm³/mol. The lowest BCUT2D eigenvalue weighted by Gasteiger charge is -2.24. The zero-order chi connectivity index (χ0) is 27.7. The minimum absolute atomic E-state index is 0.150. The van der Waals surface area contributed by atoms with Crippen LogP contribution in [-0.2, 0) is 5.41 Å². The quantitative estimate of drug-likeness (QED) is 0.198. The van der Waals surface area contributed by atoms with Crippen LogP contribution in [0.3, 0.4) is 0 Å². The Hall–Kier alpha value is -5.14. The summed E-state index contributed by atoms with van der Waals surface area (Å²) >= 11 is 0. The molecule has 0 radical (unpaired) electrons. The molecule has 8 aromatic rings. The summed E-state index contributed by atoms with van der Waals surface area (Å²) in [6.07, 6.45) is 0. The van der Waals surface area contributed by atoms with Crippen LogP contribution in [0.25, 0.3) is 82.4 Å². The Bertz CT molecular complexity index is 2470. The number of benzene rings is 7. The fourth-order valence-corrected chi connectivity index (χ4v) is 8.43. The smallest absolute Gasteiger partial charge is 0.0620 e. The number of fused-ring (bicyclic) bond motifs is 14. The molecule has 196 valence electrons. The Morgan fingerprint density at radius 1 is 0.452 bits per heavy atom. The molecule has 0 spiro atoms. The third kappa shape index (κ3) is 2.52. The summed E-state index contributed by atoms with van der Waals surface area (Å²) in [7, 11) is 0. The SMILES string of the molecule is CC1(C)c2ccccc2-c2c1c1c(c3ccccc23)c2cc3c4c(cccc4c2n1-c1ccccc1)-c1ccccc1-3. The van der Waals surface area contributed by atoms with Crippen LogP contribution < -0.4 is 0 Å². The van der Waals surface area contributed by atoms with E-state index >= 15 is 0 Å². The summed E-state index contributed by atoms with van der Waals surface area (Å²) in [6.45, 7) is 4.83. The molecule has 0 fully saturated rings. The Balaban J connectivity index is 1.55. The van der Waals surface area contributed by atoms with Crippen LogP contribution in [0.5, 0.6) is 0 Å². The van der Waals surface area contributed by atoms with Crippen molar-refractivity contribution < 1.29 is 0 Å². The molecule has 1 nitrogen and oxygen atoms in total. The predicted octanol–water partition coefficient (Wildman–Crippen LogP) is 11.0. The van der Waals surface area contributed by atoms with Crippen LogP contribution in [-0.4, -0.2) is 4.57 Å². The Morgan fingerprint density at radius 2 is 1.07 bits per heavy atom. The lowest BCUT2D eigenvalue weighted by molar-refractivity contribution is 0.664. The van der Waals surface area contributed by atoms with Gasteiger partial charge in [0.25, 0.3) is 0 Å². The second-order valence-corrected chi connectivity index (χ2v) is 12.5. The van der Waals surface area contributed by atoms with Crippen LogP contribution >= 0.6 is 0 Å². The number of rotatable bonds is 1. The van der Waals surface area contributed by atoms with Crippen molar-refractivity contribution in [3.05, 3.63) is 139 Å². The van der Waals surface area contributed by atoms with E-state index in [4.69, 9.17) is 0 Å². The molecule has 0 bridgehead atoms. The lowest BCUT2D eigenvalue weighted by Crippen LogP contribution is -2.16. The van der Waals surface area contributed by atoms with Gasteiger partial charge in [0.15, 0.2) is 0 Å². The van der Waals surface area contributed by atoms with E-state index in [0.29, 0.717) is 0 Å². The van der Waals surface area contributed by atoms with Gasteiger partial charge in [0.05, 0.1) is 11.0 Å². The Kier molecular flexibility index (Phi) is 4.06. The van der Waals surface area contributed by atoms with E-state index in [0.717, 1.165) is 0 Å². The largest absolute Gasteiger partial charge is 0.308 e. The van der Waals surface area contributed by atoms with Gasteiger partial charge in [-0.3, -0.25) is 0 Å². The van der Waals surface area contributed by atoms with Gasteiger partial charge in [-0.05, 0) is 78.9 Å². The van der Waals surface area contributed by atoms with Crippen LogP contribution in [0.2, 0.25) is 0 Å². The van der Waals surface area contributed by atoms with Gasteiger partial charge in [-0.1, -0.05) is 123 Å². The molecule has 0 atom stereocenters. The van der Waals surface area contributed by atoms with Crippen LogP contribution in [0, 0.1) is 0 Å². The minimum Gasteiger partial charge on any atom is -0.308 e. The third-order valence-corrected chi connectivity index (χ3v) is 10.1. The molecule has 0 unspecified atom stereocenters. The number of nitrogens with zero attached hydrogens (tertiary/aromatic N) is 1. The maximum absolute atomic E-state index is 2.59. The minimum atomic E-state index is -0.150. The average molecular weight is 534 g/mol. The topological polar surface area (TPSA) is 4.93 Å². The van der Waals surface area contributed by atoms with Gasteiger partial charge in [-0.2, -0.15) is 0 Å². The van der Waals surface area contributed by atoms with E-state index in [1.807, 2.05) is 0 Å². The second-order valence-electron chi connectivity index (χ2n) is 12.5. The summed E-state index contributed by atoms with van der Waals surface area (Å²) in [5.41, 5.74) is 14.7. The van der Waals surface area contributed by atoms with Crippen LogP contribution in [0.15, 0.2) is 127 Å². The van der Waals surface area contributed by atoms with Crippen molar-refractivity contribution in [2.45, 2.75) is 19.3 Å². The molecular formula is C41H27N. The number of aromatic nitrogens is 1. The molecule has 0 saturated carbocycles. The number of para-hydroxylation sites is 1. The molecule has 2 aliphatic rings. The maximum atomic E-state index is 2.59. The van der Waals surface area contributed by atoms with Crippen molar-refractivity contribution in [2.75, 3.05) is 0 Å². The third-order valence-electron chi connectivity index (χ3n) is 10.1. The van der Waals surface area contributed by atoms with Gasteiger partial charge in [0.2, 0.25) is 0 Å². The van der Waals surface area contributed by atoms with E-state index < -0.39 is 0 Å². The molecule has 1 aromatic heterocycles. The van der Waals surface area contributed by atoms with E-state index in [2.05, 4.69) is 146 Å². The summed E-state index contributed by atoms with van der Waals surface area (Å²) in [6, 6.07) is 47.5. The van der Waals surface area contributed by atoms with E-state index in [-0.39, 0.29) is 5.41 Å². The Labute approximate surface area is 244 Å². The van der Waals surface area contributed by atoms with Crippen molar-refractivity contribution in [1.82, 2.24) is 4.57 Å². The molecule has 1 heterocycles. The highest BCUT2D eigenvalue weighted by Crippen LogP contribution is 2.58. The van der Waals surface area contributed by atoms with Crippen molar-refractivity contribution in [1.29, 1.82) is 0 Å². The second kappa shape index (κ2) is 7.57. The summed E-state index contributed by atoms with van der Waals surface area (Å²) in [5, 5.41) is 8.05. The molecule has 0 amide bonds. The van der Waals surface area contributed by atoms with Gasteiger partial charge in [-0.25, -0.2) is 0 Å². The van der Waals surface area contributed by atoms with Crippen molar-refractivity contribution >= 4 is 43.4 Å². The van der Waals surface area contributed by atoms with Gasteiger partial charge in [-0.15, -0.1) is 0 Å². The first-order valence-corrected chi connectivity index (χ1v) is 14.9. The Morgan fingerprint density at radius 3 is 1.88 bits per heavy atom.